The van der Waals surface area contributed by atoms with Crippen LogP contribution >= 0.6 is 0 Å². The largest absolute Gasteiger partial charge is 0.448 e. The molecular weight excluding hydrogens is 262 g/mol. The minimum atomic E-state index is 0.396. The highest BCUT2D eigenvalue weighted by molar-refractivity contribution is 5.46. The molecule has 1 aromatic heterocycles. The van der Waals surface area contributed by atoms with Gasteiger partial charge in [0.25, 0.3) is 0 Å². The van der Waals surface area contributed by atoms with Gasteiger partial charge in [0.15, 0.2) is 6.39 Å². The zero-order valence-electron chi connectivity index (χ0n) is 12.8. The Balaban J connectivity index is 1.58. The fraction of sp³-hybridized carbons (Fsp3) is 0.471. The highest BCUT2D eigenvalue weighted by Gasteiger charge is 2.20. The van der Waals surface area contributed by atoms with Gasteiger partial charge in [0.2, 0.25) is 0 Å². The Morgan fingerprint density at radius 3 is 2.48 bits per heavy atom. The molecule has 0 bridgehead atoms. The molecule has 0 saturated carbocycles. The van der Waals surface area contributed by atoms with Crippen molar-refractivity contribution in [3.63, 3.8) is 0 Å². The lowest BCUT2D eigenvalue weighted by Crippen LogP contribution is -2.46. The first-order chi connectivity index (χ1) is 10.2. The van der Waals surface area contributed by atoms with Gasteiger partial charge in [0.05, 0.1) is 5.69 Å². The predicted octanol–water partition coefficient (Wildman–Crippen LogP) is 3.12. The molecule has 1 fully saturated rings. The van der Waals surface area contributed by atoms with Crippen LogP contribution in [-0.2, 0) is 6.54 Å². The summed E-state index contributed by atoms with van der Waals surface area (Å²) >= 11 is 0. The summed E-state index contributed by atoms with van der Waals surface area (Å²) in [7, 11) is 0. The van der Waals surface area contributed by atoms with E-state index in [1.54, 1.807) is 6.39 Å². The van der Waals surface area contributed by atoms with Crippen molar-refractivity contribution in [1.29, 1.82) is 0 Å². The van der Waals surface area contributed by atoms with E-state index in [1.165, 1.54) is 5.69 Å². The summed E-state index contributed by atoms with van der Waals surface area (Å²) < 4.78 is 5.51. The molecule has 1 aliphatic heterocycles. The second kappa shape index (κ2) is 6.31. The lowest BCUT2D eigenvalue weighted by Gasteiger charge is -2.35. The van der Waals surface area contributed by atoms with Crippen molar-refractivity contribution in [2.24, 2.45) is 0 Å². The number of anilines is 1. The van der Waals surface area contributed by atoms with Crippen LogP contribution in [0.2, 0.25) is 0 Å². The van der Waals surface area contributed by atoms with Gasteiger partial charge in [-0.1, -0.05) is 32.0 Å². The zero-order valence-corrected chi connectivity index (χ0v) is 12.8. The highest BCUT2D eigenvalue weighted by atomic mass is 16.3. The standard InChI is InChI=1S/C17H23N3O/c1-14(2)17-16(18-13-21-17)12-19-8-10-20(11-9-19)15-6-4-3-5-7-15/h3-7,13-14H,8-12H2,1-2H3. The van der Waals surface area contributed by atoms with Crippen LogP contribution in [-0.4, -0.2) is 36.1 Å². The molecular formula is C17H23N3O. The van der Waals surface area contributed by atoms with Crippen molar-refractivity contribution in [2.45, 2.75) is 26.3 Å². The van der Waals surface area contributed by atoms with Gasteiger partial charge in [-0.2, -0.15) is 0 Å². The summed E-state index contributed by atoms with van der Waals surface area (Å²) in [6.07, 6.45) is 1.57. The average Bonchev–Trinajstić information content (AvgIpc) is 2.97. The van der Waals surface area contributed by atoms with E-state index in [9.17, 15) is 0 Å². The molecule has 0 radical (unpaired) electrons. The summed E-state index contributed by atoms with van der Waals surface area (Å²) in [6.45, 7) is 9.47. The second-order valence-electron chi connectivity index (χ2n) is 5.92. The first-order valence-corrected chi connectivity index (χ1v) is 7.68. The quantitative estimate of drug-likeness (QED) is 0.864. The maximum Gasteiger partial charge on any atom is 0.181 e. The summed E-state index contributed by atoms with van der Waals surface area (Å²) in [5.74, 6) is 1.42. The monoisotopic (exact) mass is 285 g/mol. The number of para-hydroxylation sites is 1. The van der Waals surface area contributed by atoms with E-state index in [2.05, 4.69) is 59.0 Å². The maximum absolute atomic E-state index is 5.51. The van der Waals surface area contributed by atoms with Crippen LogP contribution in [0.25, 0.3) is 0 Å². The van der Waals surface area contributed by atoms with Gasteiger partial charge in [-0.25, -0.2) is 4.98 Å². The van der Waals surface area contributed by atoms with Crippen LogP contribution in [0.4, 0.5) is 5.69 Å². The van der Waals surface area contributed by atoms with Crippen LogP contribution in [0.15, 0.2) is 41.1 Å². The number of oxazole rings is 1. The number of hydrogen-bond donors (Lipinski definition) is 0. The summed E-state index contributed by atoms with van der Waals surface area (Å²) in [4.78, 5) is 9.30. The zero-order chi connectivity index (χ0) is 14.7. The number of rotatable bonds is 4. The van der Waals surface area contributed by atoms with Crippen molar-refractivity contribution >= 4 is 5.69 Å². The smallest absolute Gasteiger partial charge is 0.181 e. The summed E-state index contributed by atoms with van der Waals surface area (Å²) in [6, 6.07) is 10.6. The van der Waals surface area contributed by atoms with Crippen LogP contribution in [0.3, 0.4) is 0 Å². The molecule has 2 aromatic rings. The van der Waals surface area contributed by atoms with Crippen molar-refractivity contribution in [2.75, 3.05) is 31.1 Å². The second-order valence-corrected chi connectivity index (χ2v) is 5.92. The minimum Gasteiger partial charge on any atom is -0.448 e. The molecule has 1 saturated heterocycles. The van der Waals surface area contributed by atoms with Crippen LogP contribution in [0.5, 0.6) is 0 Å². The summed E-state index contributed by atoms with van der Waals surface area (Å²) in [5.41, 5.74) is 2.42. The highest BCUT2D eigenvalue weighted by Crippen LogP contribution is 2.21. The molecule has 0 aliphatic carbocycles. The van der Waals surface area contributed by atoms with Crippen LogP contribution in [0.1, 0.15) is 31.2 Å². The Morgan fingerprint density at radius 2 is 1.81 bits per heavy atom. The molecule has 0 N–H and O–H groups in total. The number of nitrogens with zero attached hydrogens (tertiary/aromatic N) is 3. The lowest BCUT2D eigenvalue weighted by molar-refractivity contribution is 0.245. The molecule has 4 nitrogen and oxygen atoms in total. The molecule has 1 aliphatic rings. The lowest BCUT2D eigenvalue weighted by atomic mass is 10.1. The summed E-state index contributed by atoms with van der Waals surface area (Å²) in [5, 5.41) is 0. The Hall–Kier alpha value is -1.81. The van der Waals surface area contributed by atoms with E-state index in [0.29, 0.717) is 5.92 Å². The van der Waals surface area contributed by atoms with E-state index < -0.39 is 0 Å². The van der Waals surface area contributed by atoms with E-state index in [0.717, 1.165) is 44.2 Å². The van der Waals surface area contributed by atoms with Gasteiger partial charge in [-0.05, 0) is 12.1 Å². The van der Waals surface area contributed by atoms with Gasteiger partial charge in [0, 0.05) is 44.3 Å². The predicted molar refractivity (Wildman–Crippen MR) is 84.5 cm³/mol. The fourth-order valence-electron chi connectivity index (χ4n) is 2.88. The van der Waals surface area contributed by atoms with Gasteiger partial charge in [0.1, 0.15) is 5.76 Å². The maximum atomic E-state index is 5.51. The Morgan fingerprint density at radius 1 is 1.10 bits per heavy atom. The number of hydrogen-bond acceptors (Lipinski definition) is 4. The topological polar surface area (TPSA) is 32.5 Å². The molecule has 21 heavy (non-hydrogen) atoms. The number of piperazine rings is 1. The first-order valence-electron chi connectivity index (χ1n) is 7.68. The average molecular weight is 285 g/mol. The normalized spacial score (nSPS) is 16.6. The number of benzene rings is 1. The molecule has 4 heteroatoms. The minimum absolute atomic E-state index is 0.396. The Bertz CT molecular complexity index is 556. The van der Waals surface area contributed by atoms with Crippen molar-refractivity contribution in [3.8, 4) is 0 Å². The SMILES string of the molecule is CC(C)c1ocnc1CN1CCN(c2ccccc2)CC1. The third-order valence-electron chi connectivity index (χ3n) is 4.06. The van der Waals surface area contributed by atoms with E-state index >= 15 is 0 Å². The Kier molecular flexibility index (Phi) is 4.25. The third kappa shape index (κ3) is 3.27. The van der Waals surface area contributed by atoms with Gasteiger partial charge < -0.3 is 9.32 Å². The fourth-order valence-corrected chi connectivity index (χ4v) is 2.88. The van der Waals surface area contributed by atoms with E-state index in [4.69, 9.17) is 4.42 Å². The number of aromatic nitrogens is 1. The molecule has 112 valence electrons. The van der Waals surface area contributed by atoms with E-state index in [1.807, 2.05) is 0 Å². The molecule has 0 spiro atoms. The van der Waals surface area contributed by atoms with Gasteiger partial charge in [-0.3, -0.25) is 4.90 Å². The van der Waals surface area contributed by atoms with Crippen LogP contribution in [0, 0.1) is 0 Å². The van der Waals surface area contributed by atoms with Crippen LogP contribution < -0.4 is 4.90 Å². The van der Waals surface area contributed by atoms with Crippen molar-refractivity contribution in [3.05, 3.63) is 48.2 Å². The van der Waals surface area contributed by atoms with Gasteiger partial charge in [-0.15, -0.1) is 0 Å². The molecule has 1 aromatic carbocycles. The first kappa shape index (κ1) is 14.1. The van der Waals surface area contributed by atoms with E-state index in [-0.39, 0.29) is 0 Å². The molecule has 0 atom stereocenters. The molecule has 2 heterocycles. The van der Waals surface area contributed by atoms with Gasteiger partial charge >= 0.3 is 0 Å². The van der Waals surface area contributed by atoms with Crippen molar-refractivity contribution < 1.29 is 4.42 Å². The molecule has 0 amide bonds. The third-order valence-corrected chi connectivity index (χ3v) is 4.06. The molecule has 3 rings (SSSR count). The molecule has 0 unspecified atom stereocenters. The Labute approximate surface area is 126 Å². The van der Waals surface area contributed by atoms with Crippen molar-refractivity contribution in [1.82, 2.24) is 9.88 Å².